The molecule has 0 saturated carbocycles. The van der Waals surface area contributed by atoms with E-state index in [0.29, 0.717) is 34.5 Å². The highest BCUT2D eigenvalue weighted by atomic mass is 35.5. The van der Waals surface area contributed by atoms with Gasteiger partial charge in [-0.3, -0.25) is 4.79 Å². The Labute approximate surface area is 214 Å². The molecule has 2 N–H and O–H groups in total. The number of nitrogens with one attached hydrogen (secondary N) is 2. The zero-order chi connectivity index (χ0) is 25.5. The first-order valence-electron chi connectivity index (χ1n) is 11.4. The minimum absolute atomic E-state index is 0.149. The van der Waals surface area contributed by atoms with Crippen LogP contribution in [0.2, 0.25) is 5.02 Å². The van der Waals surface area contributed by atoms with Crippen molar-refractivity contribution in [2.45, 2.75) is 6.92 Å². The third-order valence-electron chi connectivity index (χ3n) is 5.47. The van der Waals surface area contributed by atoms with Crippen molar-refractivity contribution in [3.63, 3.8) is 0 Å². The topological polar surface area (TPSA) is 88.5 Å². The molecule has 0 saturated heterocycles. The number of nitrogens with zero attached hydrogens (tertiary/aromatic N) is 3. The Morgan fingerprint density at radius 2 is 1.67 bits per heavy atom. The lowest BCUT2D eigenvalue weighted by molar-refractivity contribution is -0.116. The zero-order valence-electron chi connectivity index (χ0n) is 19.9. The molecule has 184 valence electrons. The molecule has 9 heteroatoms. The van der Waals surface area contributed by atoms with Crippen LogP contribution in [0.4, 0.5) is 16.3 Å². The van der Waals surface area contributed by atoms with Gasteiger partial charge < -0.3 is 20.3 Å². The van der Waals surface area contributed by atoms with E-state index in [1.54, 1.807) is 48.0 Å². The highest BCUT2D eigenvalue weighted by Crippen LogP contribution is 2.26. The quantitative estimate of drug-likeness (QED) is 0.323. The molecule has 0 fully saturated rings. The zero-order valence-corrected chi connectivity index (χ0v) is 20.7. The number of ether oxygens (including phenoxy) is 1. The molecule has 8 nitrogen and oxygen atoms in total. The molecular formula is C27H26ClN5O3. The maximum atomic E-state index is 13.0. The van der Waals surface area contributed by atoms with Crippen LogP contribution in [0, 0.1) is 0 Å². The van der Waals surface area contributed by atoms with E-state index in [-0.39, 0.29) is 12.5 Å². The number of carbonyl (C=O) groups is 2. The van der Waals surface area contributed by atoms with E-state index in [4.69, 9.17) is 21.4 Å². The number of hydrogen-bond donors (Lipinski definition) is 2. The van der Waals surface area contributed by atoms with Crippen molar-refractivity contribution in [1.82, 2.24) is 14.7 Å². The fourth-order valence-electron chi connectivity index (χ4n) is 3.62. The fraction of sp³-hybridized carbons (Fsp3) is 0.148. The minimum atomic E-state index is -0.409. The average molecular weight is 504 g/mol. The van der Waals surface area contributed by atoms with E-state index >= 15 is 0 Å². The molecule has 0 spiro atoms. The third kappa shape index (κ3) is 5.84. The van der Waals surface area contributed by atoms with Crippen LogP contribution in [0.5, 0.6) is 5.75 Å². The summed E-state index contributed by atoms with van der Waals surface area (Å²) in [7, 11) is 1.53. The molecule has 0 aliphatic carbocycles. The van der Waals surface area contributed by atoms with Gasteiger partial charge >= 0.3 is 6.03 Å². The predicted octanol–water partition coefficient (Wildman–Crippen LogP) is 5.69. The third-order valence-corrected chi connectivity index (χ3v) is 5.72. The summed E-state index contributed by atoms with van der Waals surface area (Å²) in [6, 6.07) is 25.3. The molecule has 0 bridgehead atoms. The van der Waals surface area contributed by atoms with Gasteiger partial charge in [-0.25, -0.2) is 9.48 Å². The number of anilines is 2. The summed E-state index contributed by atoms with van der Waals surface area (Å²) in [5.41, 5.74) is 2.87. The van der Waals surface area contributed by atoms with Gasteiger partial charge in [0.1, 0.15) is 18.1 Å². The van der Waals surface area contributed by atoms with Crippen molar-refractivity contribution in [3.05, 3.63) is 90.0 Å². The van der Waals surface area contributed by atoms with Gasteiger partial charge in [0, 0.05) is 23.2 Å². The van der Waals surface area contributed by atoms with Crippen molar-refractivity contribution in [2.75, 3.05) is 30.8 Å². The Bertz CT molecular complexity index is 1340. The van der Waals surface area contributed by atoms with Gasteiger partial charge in [0.05, 0.1) is 24.2 Å². The lowest BCUT2D eigenvalue weighted by Gasteiger charge is -2.21. The molecular weight excluding hydrogens is 478 g/mol. The van der Waals surface area contributed by atoms with Gasteiger partial charge in [0.25, 0.3) is 0 Å². The summed E-state index contributed by atoms with van der Waals surface area (Å²) in [5, 5.41) is 11.0. The number of halogens is 1. The molecule has 1 aromatic heterocycles. The minimum Gasteiger partial charge on any atom is -0.495 e. The second-order valence-corrected chi connectivity index (χ2v) is 8.30. The van der Waals surface area contributed by atoms with Crippen molar-refractivity contribution >= 4 is 35.0 Å². The molecule has 0 aliphatic rings. The summed E-state index contributed by atoms with van der Waals surface area (Å²) in [5.74, 6) is 0.649. The second kappa shape index (κ2) is 11.4. The van der Waals surface area contributed by atoms with Crippen LogP contribution >= 0.6 is 11.6 Å². The van der Waals surface area contributed by atoms with Crippen LogP contribution in [0.1, 0.15) is 6.92 Å². The first-order valence-corrected chi connectivity index (χ1v) is 11.8. The van der Waals surface area contributed by atoms with E-state index in [1.807, 2.05) is 48.5 Å². The first-order chi connectivity index (χ1) is 17.5. The Hall–Kier alpha value is -4.30. The number of amides is 3. The molecule has 0 aliphatic heterocycles. The fourth-order valence-corrected chi connectivity index (χ4v) is 3.75. The van der Waals surface area contributed by atoms with Crippen LogP contribution in [0.3, 0.4) is 0 Å². The Kier molecular flexibility index (Phi) is 7.87. The SMILES string of the molecule is CCN(CC(=O)Nc1cc(-c2ccccc2)nn1-c1ccc(Cl)cc1)C(=O)Nc1ccccc1OC. The van der Waals surface area contributed by atoms with Crippen molar-refractivity contribution in [3.8, 4) is 22.7 Å². The van der Waals surface area contributed by atoms with Crippen LogP contribution in [-0.2, 0) is 4.79 Å². The lowest BCUT2D eigenvalue weighted by atomic mass is 10.1. The van der Waals surface area contributed by atoms with E-state index in [9.17, 15) is 9.59 Å². The van der Waals surface area contributed by atoms with E-state index in [2.05, 4.69) is 10.6 Å². The van der Waals surface area contributed by atoms with Crippen molar-refractivity contribution < 1.29 is 14.3 Å². The number of likely N-dealkylation sites (N-methyl/N-ethyl adjacent to an activating group) is 1. The molecule has 0 atom stereocenters. The number of rotatable bonds is 8. The number of aromatic nitrogens is 2. The van der Waals surface area contributed by atoms with E-state index in [0.717, 1.165) is 11.3 Å². The van der Waals surface area contributed by atoms with E-state index in [1.165, 1.54) is 12.0 Å². The maximum Gasteiger partial charge on any atom is 0.322 e. The van der Waals surface area contributed by atoms with Crippen LogP contribution in [-0.4, -0.2) is 46.8 Å². The highest BCUT2D eigenvalue weighted by molar-refractivity contribution is 6.30. The molecule has 1 heterocycles. The second-order valence-electron chi connectivity index (χ2n) is 7.86. The molecule has 0 radical (unpaired) electrons. The van der Waals surface area contributed by atoms with Crippen LogP contribution in [0.25, 0.3) is 16.9 Å². The molecule has 4 rings (SSSR count). The van der Waals surface area contributed by atoms with E-state index < -0.39 is 6.03 Å². The smallest absolute Gasteiger partial charge is 0.322 e. The highest BCUT2D eigenvalue weighted by Gasteiger charge is 2.19. The van der Waals surface area contributed by atoms with Gasteiger partial charge in [-0.05, 0) is 43.3 Å². The Morgan fingerprint density at radius 1 is 0.972 bits per heavy atom. The lowest BCUT2D eigenvalue weighted by Crippen LogP contribution is -2.40. The molecule has 3 aromatic carbocycles. The Morgan fingerprint density at radius 3 is 2.36 bits per heavy atom. The summed E-state index contributed by atoms with van der Waals surface area (Å²) >= 11 is 6.05. The maximum absolute atomic E-state index is 13.0. The van der Waals surface area contributed by atoms with Crippen molar-refractivity contribution in [2.24, 2.45) is 0 Å². The summed E-state index contributed by atoms with van der Waals surface area (Å²) < 4.78 is 6.93. The molecule has 4 aromatic rings. The number of benzene rings is 3. The number of methoxy groups -OCH3 is 1. The van der Waals surface area contributed by atoms with Gasteiger partial charge in [-0.15, -0.1) is 0 Å². The number of hydrogen-bond acceptors (Lipinski definition) is 4. The molecule has 3 amide bonds. The van der Waals surface area contributed by atoms with Gasteiger partial charge in [-0.1, -0.05) is 54.1 Å². The average Bonchev–Trinajstić information content (AvgIpc) is 3.32. The first kappa shape index (κ1) is 24.8. The number of para-hydroxylation sites is 2. The van der Waals surface area contributed by atoms with Gasteiger partial charge in [0.2, 0.25) is 5.91 Å². The summed E-state index contributed by atoms with van der Waals surface area (Å²) in [6.07, 6.45) is 0. The standard InChI is InChI=1S/C27H26ClN5O3/c1-3-32(27(35)29-22-11-7-8-12-24(22)36-2)18-26(34)30-25-17-23(19-9-5-4-6-10-19)31-33(25)21-15-13-20(28)14-16-21/h4-17H,3,18H2,1-2H3,(H,29,35)(H,30,34). The van der Waals surface area contributed by atoms with Crippen LogP contribution < -0.4 is 15.4 Å². The predicted molar refractivity (Wildman–Crippen MR) is 142 cm³/mol. The molecule has 36 heavy (non-hydrogen) atoms. The monoisotopic (exact) mass is 503 g/mol. The number of urea groups is 1. The molecule has 0 unspecified atom stereocenters. The number of carbonyl (C=O) groups excluding carboxylic acids is 2. The van der Waals surface area contributed by atoms with Gasteiger partial charge in [-0.2, -0.15) is 5.10 Å². The normalized spacial score (nSPS) is 10.5. The Balaban J connectivity index is 1.53. The largest absolute Gasteiger partial charge is 0.495 e. The van der Waals surface area contributed by atoms with Gasteiger partial charge in [0.15, 0.2) is 0 Å². The summed E-state index contributed by atoms with van der Waals surface area (Å²) in [4.78, 5) is 27.3. The summed E-state index contributed by atoms with van der Waals surface area (Å²) in [6.45, 7) is 1.99. The van der Waals surface area contributed by atoms with Crippen LogP contribution in [0.15, 0.2) is 84.9 Å². The van der Waals surface area contributed by atoms with Crippen molar-refractivity contribution in [1.29, 1.82) is 0 Å².